The van der Waals surface area contributed by atoms with Gasteiger partial charge in [-0.3, -0.25) is 4.98 Å². The van der Waals surface area contributed by atoms with E-state index in [9.17, 15) is 0 Å². The van der Waals surface area contributed by atoms with Gasteiger partial charge >= 0.3 is 0 Å². The van der Waals surface area contributed by atoms with Crippen LogP contribution in [0, 0.1) is 6.92 Å². The summed E-state index contributed by atoms with van der Waals surface area (Å²) in [6.45, 7) is 1.77. The molecule has 0 amide bonds. The Kier molecular flexibility index (Phi) is 1.32. The molecule has 0 fully saturated rings. The maximum Gasteiger partial charge on any atom is 0.192 e. The molecule has 0 radical (unpaired) electrons. The summed E-state index contributed by atoms with van der Waals surface area (Å²) in [4.78, 5) is 7.93. The number of rotatable bonds is 0. The third-order valence-corrected chi connectivity index (χ3v) is 1.63. The minimum absolute atomic E-state index is 0.503. The van der Waals surface area contributed by atoms with Crippen LogP contribution in [-0.2, 0) is 0 Å². The summed E-state index contributed by atoms with van der Waals surface area (Å²) >= 11 is 5.77. The Balaban J connectivity index is 2.90. The highest BCUT2D eigenvalue weighted by Gasteiger charge is 2.04. The van der Waals surface area contributed by atoms with Crippen LogP contribution in [0.3, 0.4) is 0 Å². The molecule has 0 saturated heterocycles. The van der Waals surface area contributed by atoms with Crippen molar-refractivity contribution in [3.8, 4) is 0 Å². The van der Waals surface area contributed by atoms with E-state index in [-0.39, 0.29) is 0 Å². The largest absolute Gasteiger partial charge is 0.439 e. The van der Waals surface area contributed by atoms with E-state index >= 15 is 0 Å². The Hall–Kier alpha value is -1.09. The van der Waals surface area contributed by atoms with Crippen molar-refractivity contribution in [2.45, 2.75) is 6.92 Å². The molecule has 0 saturated carbocycles. The van der Waals surface area contributed by atoms with Gasteiger partial charge in [-0.05, 0) is 0 Å². The van der Waals surface area contributed by atoms with Crippen molar-refractivity contribution < 1.29 is 4.42 Å². The van der Waals surface area contributed by atoms with Crippen molar-refractivity contribution in [1.82, 2.24) is 9.97 Å². The summed E-state index contributed by atoms with van der Waals surface area (Å²) in [5.41, 5.74) is 1.31. The van der Waals surface area contributed by atoms with Gasteiger partial charge < -0.3 is 4.42 Å². The first kappa shape index (κ1) is 6.61. The van der Waals surface area contributed by atoms with Crippen LogP contribution in [0.25, 0.3) is 11.1 Å². The first-order valence-corrected chi connectivity index (χ1v) is 3.52. The molecule has 0 unspecified atom stereocenters. The van der Waals surface area contributed by atoms with Gasteiger partial charge in [0.05, 0.1) is 6.20 Å². The second-order valence-corrected chi connectivity index (χ2v) is 2.61. The Morgan fingerprint density at radius 2 is 2.27 bits per heavy atom. The Morgan fingerprint density at radius 1 is 1.45 bits per heavy atom. The van der Waals surface area contributed by atoms with Crippen LogP contribution in [0.4, 0.5) is 0 Å². The predicted octanol–water partition coefficient (Wildman–Crippen LogP) is 2.18. The summed E-state index contributed by atoms with van der Waals surface area (Å²) in [5.74, 6) is 0.606. The van der Waals surface area contributed by atoms with Crippen molar-refractivity contribution >= 4 is 22.7 Å². The molecule has 3 nitrogen and oxygen atoms in total. The summed E-state index contributed by atoms with van der Waals surface area (Å²) in [7, 11) is 0. The second-order valence-electron chi connectivity index (χ2n) is 2.20. The van der Waals surface area contributed by atoms with E-state index in [1.807, 2.05) is 0 Å². The molecule has 0 spiro atoms. The molecule has 2 rings (SSSR count). The predicted molar refractivity (Wildman–Crippen MR) is 41.6 cm³/mol. The number of nitrogens with zero attached hydrogens (tertiary/aromatic N) is 2. The minimum Gasteiger partial charge on any atom is -0.439 e. The van der Waals surface area contributed by atoms with Crippen molar-refractivity contribution in [3.63, 3.8) is 0 Å². The number of aromatic nitrogens is 2. The summed E-state index contributed by atoms with van der Waals surface area (Å²) in [6.07, 6.45) is 3.16. The molecule has 2 heterocycles. The normalized spacial score (nSPS) is 10.7. The number of hydrogen-bond donors (Lipinski definition) is 0. The van der Waals surface area contributed by atoms with Crippen molar-refractivity contribution in [2.24, 2.45) is 0 Å². The van der Waals surface area contributed by atoms with Crippen molar-refractivity contribution in [2.75, 3.05) is 0 Å². The molecular weight excluding hydrogens is 164 g/mol. The lowest BCUT2D eigenvalue weighted by Gasteiger charge is -1.86. The van der Waals surface area contributed by atoms with Crippen LogP contribution in [0.1, 0.15) is 5.89 Å². The molecule has 56 valence electrons. The smallest absolute Gasteiger partial charge is 0.192 e. The fourth-order valence-corrected chi connectivity index (χ4v) is 1.13. The van der Waals surface area contributed by atoms with Crippen LogP contribution in [0.5, 0.6) is 0 Å². The van der Waals surface area contributed by atoms with Gasteiger partial charge in [0, 0.05) is 13.1 Å². The molecule has 0 bridgehead atoms. The highest BCUT2D eigenvalue weighted by molar-refractivity contribution is 6.34. The molecule has 2 aromatic rings. The molecule has 11 heavy (non-hydrogen) atoms. The van der Waals surface area contributed by atoms with Crippen LogP contribution in [-0.4, -0.2) is 9.97 Å². The van der Waals surface area contributed by atoms with Gasteiger partial charge in [0.25, 0.3) is 0 Å². The Labute approximate surface area is 68.0 Å². The number of aryl methyl sites for hydroxylation is 1. The highest BCUT2D eigenvalue weighted by Crippen LogP contribution is 2.21. The first-order chi connectivity index (χ1) is 5.27. The number of halogens is 1. The fourth-order valence-electron chi connectivity index (χ4n) is 0.934. The maximum absolute atomic E-state index is 5.77. The molecule has 0 aliphatic rings. The van der Waals surface area contributed by atoms with E-state index in [2.05, 4.69) is 9.97 Å². The monoisotopic (exact) mass is 168 g/mol. The molecule has 0 aliphatic heterocycles. The lowest BCUT2D eigenvalue weighted by molar-refractivity contribution is 0.561. The van der Waals surface area contributed by atoms with Gasteiger partial charge in [0.2, 0.25) is 0 Å². The molecule has 0 atom stereocenters. The number of hydrogen-bond acceptors (Lipinski definition) is 3. The van der Waals surface area contributed by atoms with E-state index in [1.54, 1.807) is 13.1 Å². The molecule has 2 aromatic heterocycles. The molecule has 4 heteroatoms. The highest BCUT2D eigenvalue weighted by atomic mass is 35.5. The van der Waals surface area contributed by atoms with Crippen molar-refractivity contribution in [3.05, 3.63) is 23.3 Å². The summed E-state index contributed by atoms with van der Waals surface area (Å²) in [5, 5.41) is 0.503. The fraction of sp³-hybridized carbons (Fsp3) is 0.143. The van der Waals surface area contributed by atoms with E-state index < -0.39 is 0 Å². The zero-order valence-electron chi connectivity index (χ0n) is 5.84. The van der Waals surface area contributed by atoms with Gasteiger partial charge in [-0.1, -0.05) is 11.6 Å². The average Bonchev–Trinajstić information content (AvgIpc) is 2.31. The van der Waals surface area contributed by atoms with Gasteiger partial charge in [-0.25, -0.2) is 4.98 Å². The van der Waals surface area contributed by atoms with E-state index in [4.69, 9.17) is 16.0 Å². The van der Waals surface area contributed by atoms with E-state index in [1.165, 1.54) is 6.20 Å². The molecule has 0 N–H and O–H groups in total. The summed E-state index contributed by atoms with van der Waals surface area (Å²) < 4.78 is 5.22. The first-order valence-electron chi connectivity index (χ1n) is 3.14. The number of oxazole rings is 1. The van der Waals surface area contributed by atoms with Crippen LogP contribution in [0.15, 0.2) is 16.8 Å². The van der Waals surface area contributed by atoms with Gasteiger partial charge in [0.1, 0.15) is 10.5 Å². The third-order valence-electron chi connectivity index (χ3n) is 1.36. The minimum atomic E-state index is 0.503. The lowest BCUT2D eigenvalue weighted by atomic mass is 10.4. The van der Waals surface area contributed by atoms with Gasteiger partial charge in [0.15, 0.2) is 11.5 Å². The SMILES string of the molecule is Cc1nc2cncc(Cl)c2o1. The lowest BCUT2D eigenvalue weighted by Crippen LogP contribution is -1.72. The molecule has 0 aromatic carbocycles. The average molecular weight is 169 g/mol. The van der Waals surface area contributed by atoms with E-state index in [0.717, 1.165) is 0 Å². The third kappa shape index (κ3) is 0.973. The Morgan fingerprint density at radius 3 is 3.00 bits per heavy atom. The second kappa shape index (κ2) is 2.20. The van der Waals surface area contributed by atoms with Gasteiger partial charge in [-0.15, -0.1) is 0 Å². The zero-order chi connectivity index (χ0) is 7.84. The maximum atomic E-state index is 5.77. The molecule has 0 aliphatic carbocycles. The molecular formula is C7H5ClN2O. The van der Waals surface area contributed by atoms with Crippen LogP contribution >= 0.6 is 11.6 Å². The van der Waals surface area contributed by atoms with E-state index in [0.29, 0.717) is 22.0 Å². The Bertz CT molecular complexity index is 396. The van der Waals surface area contributed by atoms with Crippen LogP contribution in [0.2, 0.25) is 5.02 Å². The number of fused-ring (bicyclic) bond motifs is 1. The standard InChI is InChI=1S/C7H5ClN2O/c1-4-10-6-3-9-2-5(8)7(6)11-4/h2-3H,1H3. The van der Waals surface area contributed by atoms with Crippen LogP contribution < -0.4 is 0 Å². The van der Waals surface area contributed by atoms with Gasteiger partial charge in [-0.2, -0.15) is 0 Å². The summed E-state index contributed by atoms with van der Waals surface area (Å²) in [6, 6.07) is 0. The number of pyridine rings is 1. The zero-order valence-corrected chi connectivity index (χ0v) is 6.59. The topological polar surface area (TPSA) is 38.9 Å². The van der Waals surface area contributed by atoms with Crippen molar-refractivity contribution in [1.29, 1.82) is 0 Å². The quantitative estimate of drug-likeness (QED) is 0.605.